The van der Waals surface area contributed by atoms with Crippen molar-refractivity contribution in [2.24, 2.45) is 4.99 Å². The number of thioether (sulfide) groups is 1. The zero-order valence-corrected chi connectivity index (χ0v) is 12.7. The molecule has 3 rings (SSSR count). The van der Waals surface area contributed by atoms with E-state index in [4.69, 9.17) is 9.68 Å². The van der Waals surface area contributed by atoms with Crippen LogP contribution in [0.1, 0.15) is 0 Å². The Hall–Kier alpha value is -2.71. The molecule has 0 bridgehead atoms. The van der Waals surface area contributed by atoms with Gasteiger partial charge in [0.2, 0.25) is 0 Å². The van der Waals surface area contributed by atoms with Crippen LogP contribution in [-0.4, -0.2) is 11.4 Å². The molecule has 0 aliphatic carbocycles. The number of hydrogen-bond donors (Lipinski definition) is 1. The minimum Gasteiger partial charge on any atom is -0.454 e. The molecule has 3 aromatic rings. The van der Waals surface area contributed by atoms with Gasteiger partial charge in [0.25, 0.3) is 0 Å². The molecule has 0 saturated heterocycles. The van der Waals surface area contributed by atoms with Crippen LogP contribution in [0.25, 0.3) is 22.3 Å². The molecule has 0 amide bonds. The monoisotopic (exact) mass is 307 g/mol. The van der Waals surface area contributed by atoms with Gasteiger partial charge in [-0.25, -0.2) is 4.99 Å². The van der Waals surface area contributed by atoms with Gasteiger partial charge in [-0.05, 0) is 18.4 Å². The first kappa shape index (κ1) is 14.2. The Morgan fingerprint density at radius 2 is 2.00 bits per heavy atom. The van der Waals surface area contributed by atoms with Gasteiger partial charge in [-0.3, -0.25) is 5.32 Å². The molecule has 2 aromatic carbocycles. The smallest absolute Gasteiger partial charge is 0.183 e. The van der Waals surface area contributed by atoms with Crippen molar-refractivity contribution in [3.05, 3.63) is 54.6 Å². The van der Waals surface area contributed by atoms with Gasteiger partial charge in [-0.2, -0.15) is 5.26 Å². The normalized spacial score (nSPS) is 11.4. The summed E-state index contributed by atoms with van der Waals surface area (Å²) in [5, 5.41) is 12.8. The second kappa shape index (κ2) is 6.37. The molecule has 0 aliphatic rings. The molecule has 0 aliphatic heterocycles. The lowest BCUT2D eigenvalue weighted by atomic mass is 10.1. The van der Waals surface area contributed by atoms with Gasteiger partial charge in [0, 0.05) is 10.9 Å². The quantitative estimate of drug-likeness (QED) is 0.327. The molecule has 22 heavy (non-hydrogen) atoms. The van der Waals surface area contributed by atoms with Crippen LogP contribution in [0.4, 0.5) is 5.69 Å². The Kier molecular flexibility index (Phi) is 4.12. The van der Waals surface area contributed by atoms with E-state index >= 15 is 0 Å². The highest BCUT2D eigenvalue weighted by Gasteiger charge is 2.10. The fourth-order valence-electron chi connectivity index (χ4n) is 2.16. The van der Waals surface area contributed by atoms with Crippen LogP contribution in [0, 0.1) is 11.5 Å². The number of para-hydroxylation sites is 1. The Balaban J connectivity index is 2.10. The van der Waals surface area contributed by atoms with E-state index in [1.807, 2.05) is 67.0 Å². The molecular weight excluding hydrogens is 294 g/mol. The summed E-state index contributed by atoms with van der Waals surface area (Å²) in [4.78, 5) is 4.45. The summed E-state index contributed by atoms with van der Waals surface area (Å²) >= 11 is 1.38. The molecule has 0 saturated carbocycles. The van der Waals surface area contributed by atoms with E-state index in [0.29, 0.717) is 16.4 Å². The van der Waals surface area contributed by atoms with E-state index in [2.05, 4.69) is 10.3 Å². The number of fused-ring (bicyclic) bond motifs is 1. The van der Waals surface area contributed by atoms with E-state index < -0.39 is 0 Å². The third-order valence-corrected chi connectivity index (χ3v) is 3.74. The Labute approximate surface area is 132 Å². The molecule has 1 aromatic heterocycles. The van der Waals surface area contributed by atoms with Crippen molar-refractivity contribution in [3.63, 3.8) is 0 Å². The summed E-state index contributed by atoms with van der Waals surface area (Å²) in [6, 6.07) is 17.7. The third kappa shape index (κ3) is 2.83. The first-order valence-corrected chi connectivity index (χ1v) is 7.90. The van der Waals surface area contributed by atoms with Crippen molar-refractivity contribution in [2.45, 2.75) is 0 Å². The maximum absolute atomic E-state index is 8.73. The van der Waals surface area contributed by atoms with Crippen LogP contribution in [-0.2, 0) is 0 Å². The van der Waals surface area contributed by atoms with E-state index in [9.17, 15) is 0 Å². The molecule has 1 N–H and O–H groups in total. The predicted octanol–water partition coefficient (Wildman–Crippen LogP) is 4.52. The minimum atomic E-state index is 0.535. The number of nitrogens with one attached hydrogen (secondary N) is 1. The first-order chi connectivity index (χ1) is 10.8. The van der Waals surface area contributed by atoms with Crippen LogP contribution in [0.2, 0.25) is 0 Å². The maximum atomic E-state index is 8.73. The summed E-state index contributed by atoms with van der Waals surface area (Å²) in [6.45, 7) is 0. The van der Waals surface area contributed by atoms with Gasteiger partial charge in [0.1, 0.15) is 11.4 Å². The SMILES string of the molecule is CSC(=Nc1cccc2cc(-c3ccccc3)oc12)NC#N. The molecule has 0 atom stereocenters. The predicted molar refractivity (Wildman–Crippen MR) is 91.0 cm³/mol. The summed E-state index contributed by atoms with van der Waals surface area (Å²) in [5.41, 5.74) is 2.44. The van der Waals surface area contributed by atoms with Crippen LogP contribution in [0.5, 0.6) is 0 Å². The van der Waals surface area contributed by atoms with E-state index in [1.54, 1.807) is 0 Å². The van der Waals surface area contributed by atoms with Crippen LogP contribution in [0.15, 0.2) is 64.0 Å². The Bertz CT molecular complexity index is 862. The maximum Gasteiger partial charge on any atom is 0.183 e. The highest BCUT2D eigenvalue weighted by molar-refractivity contribution is 8.13. The van der Waals surface area contributed by atoms with Crippen molar-refractivity contribution in [3.8, 4) is 17.5 Å². The van der Waals surface area contributed by atoms with Gasteiger partial charge in [0.15, 0.2) is 16.9 Å². The average molecular weight is 307 g/mol. The number of furan rings is 1. The Morgan fingerprint density at radius 1 is 1.18 bits per heavy atom. The van der Waals surface area contributed by atoms with Crippen molar-refractivity contribution >= 4 is 33.6 Å². The third-order valence-electron chi connectivity index (χ3n) is 3.16. The lowest BCUT2D eigenvalue weighted by Crippen LogP contribution is -2.12. The lowest BCUT2D eigenvalue weighted by Gasteiger charge is -2.00. The van der Waals surface area contributed by atoms with Crippen LogP contribution >= 0.6 is 11.8 Å². The van der Waals surface area contributed by atoms with Gasteiger partial charge in [0.05, 0.1) is 0 Å². The highest BCUT2D eigenvalue weighted by Crippen LogP contribution is 2.33. The molecule has 5 heteroatoms. The summed E-state index contributed by atoms with van der Waals surface area (Å²) in [7, 11) is 0. The zero-order valence-electron chi connectivity index (χ0n) is 11.9. The molecule has 108 valence electrons. The molecule has 1 heterocycles. The van der Waals surface area contributed by atoms with Gasteiger partial charge in [-0.15, -0.1) is 0 Å². The first-order valence-electron chi connectivity index (χ1n) is 6.67. The molecule has 4 nitrogen and oxygen atoms in total. The van der Waals surface area contributed by atoms with Crippen LogP contribution in [0.3, 0.4) is 0 Å². The lowest BCUT2D eigenvalue weighted by molar-refractivity contribution is 0.632. The second-order valence-electron chi connectivity index (χ2n) is 4.53. The standard InChI is InChI=1S/C17H13N3OS/c1-22-17(19-11-18)20-14-9-5-8-13-10-15(21-16(13)14)12-6-3-2-4-7-12/h2-10H,1H3,(H,19,20). The molecule has 0 fully saturated rings. The zero-order chi connectivity index (χ0) is 15.4. The topological polar surface area (TPSA) is 61.3 Å². The second-order valence-corrected chi connectivity index (χ2v) is 5.32. The number of nitrogens with zero attached hydrogens (tertiary/aromatic N) is 2. The van der Waals surface area contributed by atoms with Gasteiger partial charge >= 0.3 is 0 Å². The fraction of sp³-hybridized carbons (Fsp3) is 0.0588. The molecule has 0 radical (unpaired) electrons. The largest absolute Gasteiger partial charge is 0.454 e. The van der Waals surface area contributed by atoms with E-state index in [-0.39, 0.29) is 0 Å². The van der Waals surface area contributed by atoms with E-state index in [1.165, 1.54) is 11.8 Å². The van der Waals surface area contributed by atoms with Crippen molar-refractivity contribution in [2.75, 3.05) is 6.26 Å². The number of benzene rings is 2. The molecule has 0 unspecified atom stereocenters. The van der Waals surface area contributed by atoms with Crippen molar-refractivity contribution < 1.29 is 4.42 Å². The minimum absolute atomic E-state index is 0.535. The van der Waals surface area contributed by atoms with Crippen molar-refractivity contribution in [1.82, 2.24) is 5.32 Å². The number of hydrogen-bond acceptors (Lipinski definition) is 4. The summed E-state index contributed by atoms with van der Waals surface area (Å²) in [5.74, 6) is 0.803. The molecular formula is C17H13N3OS. The van der Waals surface area contributed by atoms with Crippen LogP contribution < -0.4 is 5.32 Å². The summed E-state index contributed by atoms with van der Waals surface area (Å²) < 4.78 is 5.98. The van der Waals surface area contributed by atoms with E-state index in [0.717, 1.165) is 16.7 Å². The Morgan fingerprint density at radius 3 is 2.73 bits per heavy atom. The van der Waals surface area contributed by atoms with Crippen molar-refractivity contribution in [1.29, 1.82) is 5.26 Å². The number of nitriles is 1. The average Bonchev–Trinajstić information content (AvgIpc) is 3.00. The molecule has 0 spiro atoms. The number of aliphatic imine (C=N–C) groups is 1. The summed E-state index contributed by atoms with van der Waals surface area (Å²) in [6.07, 6.45) is 3.75. The van der Waals surface area contributed by atoms with Gasteiger partial charge < -0.3 is 4.42 Å². The number of amidine groups is 1. The van der Waals surface area contributed by atoms with Gasteiger partial charge in [-0.1, -0.05) is 54.2 Å². The highest BCUT2D eigenvalue weighted by atomic mass is 32.2. The number of rotatable bonds is 2. The fourth-order valence-corrected chi connectivity index (χ4v) is 2.50.